The molecule has 0 saturated heterocycles. The molecule has 2 nitrogen and oxygen atoms in total. The first-order chi connectivity index (χ1) is 8.25. The molecule has 0 unspecified atom stereocenters. The summed E-state index contributed by atoms with van der Waals surface area (Å²) in [5, 5.41) is 0. The first kappa shape index (κ1) is 12.2. The topological polar surface area (TPSA) is 35.2 Å². The van der Waals surface area contributed by atoms with E-state index in [1.807, 2.05) is 0 Å². The third-order valence-corrected chi connectivity index (χ3v) is 3.41. The molecule has 3 heteroatoms. The predicted octanol–water partition coefficient (Wildman–Crippen LogP) is 3.76. The fourth-order valence-corrected chi connectivity index (χ4v) is 2.37. The molecule has 0 heterocycles. The van der Waals surface area contributed by atoms with Gasteiger partial charge in [0, 0.05) is 11.8 Å². The Morgan fingerprint density at radius 2 is 1.88 bits per heavy atom. The minimum absolute atomic E-state index is 0.323. The van der Waals surface area contributed by atoms with Crippen LogP contribution in [0.3, 0.4) is 0 Å². The molecule has 1 fully saturated rings. The normalized spacial score (nSPS) is 17.7. The van der Waals surface area contributed by atoms with Crippen LogP contribution in [0.2, 0.25) is 0 Å². The van der Waals surface area contributed by atoms with Gasteiger partial charge in [-0.1, -0.05) is 25.7 Å². The van der Waals surface area contributed by atoms with Crippen LogP contribution in [-0.4, -0.2) is 6.61 Å². The van der Waals surface area contributed by atoms with E-state index in [-0.39, 0.29) is 5.82 Å². The van der Waals surface area contributed by atoms with Crippen LogP contribution in [-0.2, 0) is 0 Å². The van der Waals surface area contributed by atoms with Crippen molar-refractivity contribution in [2.75, 3.05) is 12.3 Å². The Balaban J connectivity index is 1.88. The van der Waals surface area contributed by atoms with Crippen molar-refractivity contribution in [1.82, 2.24) is 0 Å². The SMILES string of the molecule is Nc1ccc(OCC2CCCCCC2)c(F)c1. The molecule has 1 aliphatic carbocycles. The second-order valence-electron chi connectivity index (χ2n) is 4.86. The number of anilines is 1. The summed E-state index contributed by atoms with van der Waals surface area (Å²) in [5.41, 5.74) is 5.93. The lowest BCUT2D eigenvalue weighted by Gasteiger charge is -2.15. The molecule has 0 spiro atoms. The zero-order valence-corrected chi connectivity index (χ0v) is 10.1. The van der Waals surface area contributed by atoms with Crippen LogP contribution >= 0.6 is 0 Å². The molecule has 1 saturated carbocycles. The minimum atomic E-state index is -0.362. The lowest BCUT2D eigenvalue weighted by Crippen LogP contribution is -2.11. The van der Waals surface area contributed by atoms with E-state index in [9.17, 15) is 4.39 Å². The van der Waals surface area contributed by atoms with Crippen LogP contribution in [0.5, 0.6) is 5.75 Å². The van der Waals surface area contributed by atoms with Gasteiger partial charge in [0.15, 0.2) is 11.6 Å². The van der Waals surface area contributed by atoms with E-state index in [0.717, 1.165) is 0 Å². The van der Waals surface area contributed by atoms with Gasteiger partial charge >= 0.3 is 0 Å². The number of ether oxygens (including phenoxy) is 1. The Labute approximate surface area is 102 Å². The Morgan fingerprint density at radius 1 is 1.18 bits per heavy atom. The van der Waals surface area contributed by atoms with Gasteiger partial charge in [0.05, 0.1) is 6.61 Å². The first-order valence-electron chi connectivity index (χ1n) is 6.43. The Hall–Kier alpha value is -1.25. The standard InChI is InChI=1S/C14H20FNO/c15-13-9-12(16)7-8-14(13)17-10-11-5-3-1-2-4-6-11/h7-9,11H,1-6,10,16H2. The van der Waals surface area contributed by atoms with E-state index in [1.165, 1.54) is 44.6 Å². The highest BCUT2D eigenvalue weighted by Gasteiger charge is 2.13. The van der Waals surface area contributed by atoms with Gasteiger partial charge in [0.1, 0.15) is 0 Å². The molecular weight excluding hydrogens is 217 g/mol. The summed E-state index contributed by atoms with van der Waals surface area (Å²) in [7, 11) is 0. The summed E-state index contributed by atoms with van der Waals surface area (Å²) in [6.07, 6.45) is 7.61. The molecule has 0 atom stereocenters. The van der Waals surface area contributed by atoms with Crippen LogP contribution in [0.4, 0.5) is 10.1 Å². The molecule has 0 amide bonds. The summed E-state index contributed by atoms with van der Waals surface area (Å²) in [6.45, 7) is 0.626. The second kappa shape index (κ2) is 5.89. The smallest absolute Gasteiger partial charge is 0.167 e. The highest BCUT2D eigenvalue weighted by atomic mass is 19.1. The lowest BCUT2D eigenvalue weighted by atomic mass is 10.0. The molecule has 0 radical (unpaired) electrons. The van der Waals surface area contributed by atoms with Crippen LogP contribution in [0, 0.1) is 11.7 Å². The molecule has 94 valence electrons. The molecular formula is C14H20FNO. The molecule has 2 N–H and O–H groups in total. The van der Waals surface area contributed by atoms with Crippen LogP contribution in [0.15, 0.2) is 18.2 Å². The summed E-state index contributed by atoms with van der Waals surface area (Å²) >= 11 is 0. The largest absolute Gasteiger partial charge is 0.490 e. The zero-order chi connectivity index (χ0) is 12.1. The molecule has 2 rings (SSSR count). The summed E-state index contributed by atoms with van der Waals surface area (Å²) in [6, 6.07) is 4.59. The fourth-order valence-electron chi connectivity index (χ4n) is 2.37. The van der Waals surface area contributed by atoms with Crippen molar-refractivity contribution in [3.05, 3.63) is 24.0 Å². The maximum Gasteiger partial charge on any atom is 0.167 e. The Kier molecular flexibility index (Phi) is 4.24. The van der Waals surface area contributed by atoms with E-state index in [4.69, 9.17) is 10.5 Å². The van der Waals surface area contributed by atoms with Crippen molar-refractivity contribution in [2.24, 2.45) is 5.92 Å². The number of hydrogen-bond acceptors (Lipinski definition) is 2. The van der Waals surface area contributed by atoms with Gasteiger partial charge in [-0.2, -0.15) is 0 Å². The zero-order valence-electron chi connectivity index (χ0n) is 10.1. The van der Waals surface area contributed by atoms with E-state index in [0.29, 0.717) is 24.0 Å². The van der Waals surface area contributed by atoms with Crippen molar-refractivity contribution in [2.45, 2.75) is 38.5 Å². The minimum Gasteiger partial charge on any atom is -0.490 e. The van der Waals surface area contributed by atoms with E-state index >= 15 is 0 Å². The molecule has 17 heavy (non-hydrogen) atoms. The summed E-state index contributed by atoms with van der Waals surface area (Å²) in [5.74, 6) is 0.538. The molecule has 1 aliphatic rings. The molecule has 0 bridgehead atoms. The number of hydrogen-bond donors (Lipinski definition) is 1. The van der Waals surface area contributed by atoms with Crippen molar-refractivity contribution in [3.8, 4) is 5.75 Å². The second-order valence-corrected chi connectivity index (χ2v) is 4.86. The van der Waals surface area contributed by atoms with Crippen molar-refractivity contribution in [3.63, 3.8) is 0 Å². The Morgan fingerprint density at radius 3 is 2.53 bits per heavy atom. The summed E-state index contributed by atoms with van der Waals surface area (Å²) < 4.78 is 19.0. The number of benzene rings is 1. The van der Waals surface area contributed by atoms with Gasteiger partial charge in [0.25, 0.3) is 0 Å². The van der Waals surface area contributed by atoms with E-state index < -0.39 is 0 Å². The maximum atomic E-state index is 13.5. The van der Waals surface area contributed by atoms with Gasteiger partial charge in [-0.3, -0.25) is 0 Å². The van der Waals surface area contributed by atoms with Gasteiger partial charge in [-0.05, 0) is 30.9 Å². The average Bonchev–Trinajstić information content (AvgIpc) is 2.56. The highest BCUT2D eigenvalue weighted by molar-refractivity contribution is 5.42. The first-order valence-corrected chi connectivity index (χ1v) is 6.43. The molecule has 0 aliphatic heterocycles. The van der Waals surface area contributed by atoms with Crippen molar-refractivity contribution in [1.29, 1.82) is 0 Å². The number of nitrogen functional groups attached to an aromatic ring is 1. The average molecular weight is 237 g/mol. The molecule has 1 aromatic rings. The fraction of sp³-hybridized carbons (Fsp3) is 0.571. The number of rotatable bonds is 3. The van der Waals surface area contributed by atoms with Crippen molar-refractivity contribution >= 4 is 5.69 Å². The van der Waals surface area contributed by atoms with Crippen molar-refractivity contribution < 1.29 is 9.13 Å². The number of nitrogens with two attached hydrogens (primary N) is 1. The van der Waals surface area contributed by atoms with E-state index in [1.54, 1.807) is 12.1 Å². The third kappa shape index (κ3) is 3.62. The molecule has 1 aromatic carbocycles. The molecule has 0 aromatic heterocycles. The number of halogens is 1. The summed E-state index contributed by atoms with van der Waals surface area (Å²) in [4.78, 5) is 0. The van der Waals surface area contributed by atoms with Gasteiger partial charge in [-0.25, -0.2) is 4.39 Å². The third-order valence-electron chi connectivity index (χ3n) is 3.41. The quantitative estimate of drug-likeness (QED) is 0.641. The lowest BCUT2D eigenvalue weighted by molar-refractivity contribution is 0.225. The van der Waals surface area contributed by atoms with Crippen LogP contribution in [0.25, 0.3) is 0 Å². The highest BCUT2D eigenvalue weighted by Crippen LogP contribution is 2.25. The van der Waals surface area contributed by atoms with Gasteiger partial charge in [-0.15, -0.1) is 0 Å². The maximum absolute atomic E-state index is 13.5. The van der Waals surface area contributed by atoms with Gasteiger partial charge in [0.2, 0.25) is 0 Å². The predicted molar refractivity (Wildman–Crippen MR) is 67.5 cm³/mol. The van der Waals surface area contributed by atoms with Crippen LogP contribution < -0.4 is 10.5 Å². The monoisotopic (exact) mass is 237 g/mol. The van der Waals surface area contributed by atoms with E-state index in [2.05, 4.69) is 0 Å². The van der Waals surface area contributed by atoms with Crippen LogP contribution in [0.1, 0.15) is 38.5 Å². The van der Waals surface area contributed by atoms with Gasteiger partial charge < -0.3 is 10.5 Å². The Bertz CT molecular complexity index is 359.